The number of rotatable bonds is 3. The second kappa shape index (κ2) is 5.25. The van der Waals surface area contributed by atoms with Crippen LogP contribution in [0.3, 0.4) is 0 Å². The summed E-state index contributed by atoms with van der Waals surface area (Å²) in [6.07, 6.45) is 3.23. The molecule has 0 saturated heterocycles. The van der Waals surface area contributed by atoms with Crippen LogP contribution in [0.15, 0.2) is 24.5 Å². The van der Waals surface area contributed by atoms with Crippen molar-refractivity contribution in [1.29, 1.82) is 0 Å². The highest BCUT2D eigenvalue weighted by atomic mass is 16.1. The summed E-state index contributed by atoms with van der Waals surface area (Å²) in [6.45, 7) is 5.92. The van der Waals surface area contributed by atoms with Gasteiger partial charge in [0.15, 0.2) is 5.65 Å². The van der Waals surface area contributed by atoms with Crippen molar-refractivity contribution in [3.05, 3.63) is 35.8 Å². The maximum atomic E-state index is 12.4. The molecule has 7 heteroatoms. The van der Waals surface area contributed by atoms with Gasteiger partial charge < -0.3 is 5.32 Å². The van der Waals surface area contributed by atoms with Crippen molar-refractivity contribution in [2.75, 3.05) is 5.32 Å². The van der Waals surface area contributed by atoms with E-state index in [1.54, 1.807) is 27.8 Å². The Kier molecular flexibility index (Phi) is 3.40. The number of fused-ring (bicyclic) bond motifs is 1. The zero-order valence-corrected chi connectivity index (χ0v) is 13.0. The summed E-state index contributed by atoms with van der Waals surface area (Å²) in [5, 5.41) is 12.3. The molecule has 0 aromatic carbocycles. The number of hydrogen-bond acceptors (Lipinski definition) is 4. The van der Waals surface area contributed by atoms with Crippen LogP contribution in [0, 0.1) is 6.92 Å². The molecular weight excluding hydrogens is 280 g/mol. The van der Waals surface area contributed by atoms with Crippen molar-refractivity contribution in [2.45, 2.75) is 26.8 Å². The third-order valence-corrected chi connectivity index (χ3v) is 3.53. The number of anilines is 1. The molecule has 3 aromatic rings. The van der Waals surface area contributed by atoms with Crippen LogP contribution in [0.1, 0.15) is 35.9 Å². The number of hydrogen-bond donors (Lipinski definition) is 1. The molecule has 0 spiro atoms. The first-order valence-corrected chi connectivity index (χ1v) is 7.11. The van der Waals surface area contributed by atoms with Crippen molar-refractivity contribution < 1.29 is 4.79 Å². The van der Waals surface area contributed by atoms with Gasteiger partial charge in [0.2, 0.25) is 0 Å². The monoisotopic (exact) mass is 298 g/mol. The van der Waals surface area contributed by atoms with Crippen molar-refractivity contribution in [3.63, 3.8) is 0 Å². The molecule has 0 saturated carbocycles. The summed E-state index contributed by atoms with van der Waals surface area (Å²) in [4.78, 5) is 16.8. The molecule has 0 radical (unpaired) electrons. The molecule has 0 aliphatic rings. The summed E-state index contributed by atoms with van der Waals surface area (Å²) in [7, 11) is 1.84. The highest BCUT2D eigenvalue weighted by Gasteiger charge is 2.14. The molecule has 0 aliphatic carbocycles. The number of aryl methyl sites for hydroxylation is 2. The van der Waals surface area contributed by atoms with Crippen molar-refractivity contribution in [3.8, 4) is 0 Å². The Morgan fingerprint density at radius 3 is 2.86 bits per heavy atom. The maximum absolute atomic E-state index is 12.4. The standard InChI is InChI=1S/C15H18N6O/c1-9(2)21-13(5-6-17-21)18-15(22)11-7-12-10(3)19-20(4)14(12)16-8-11/h5-9H,1-4H3,(H,18,22). The van der Waals surface area contributed by atoms with Gasteiger partial charge in [-0.1, -0.05) is 0 Å². The van der Waals surface area contributed by atoms with E-state index in [2.05, 4.69) is 20.5 Å². The lowest BCUT2D eigenvalue weighted by Gasteiger charge is -2.11. The average molecular weight is 298 g/mol. The number of pyridine rings is 1. The molecule has 0 unspecified atom stereocenters. The fourth-order valence-corrected chi connectivity index (χ4v) is 2.45. The van der Waals surface area contributed by atoms with E-state index in [9.17, 15) is 4.79 Å². The molecule has 3 aromatic heterocycles. The summed E-state index contributed by atoms with van der Waals surface area (Å²) in [5.41, 5.74) is 2.12. The highest BCUT2D eigenvalue weighted by Crippen LogP contribution is 2.18. The van der Waals surface area contributed by atoms with Crippen LogP contribution in [-0.2, 0) is 7.05 Å². The first-order valence-electron chi connectivity index (χ1n) is 7.11. The molecule has 114 valence electrons. The number of nitrogens with one attached hydrogen (secondary N) is 1. The van der Waals surface area contributed by atoms with E-state index in [1.807, 2.05) is 33.9 Å². The molecule has 0 atom stereocenters. The molecule has 22 heavy (non-hydrogen) atoms. The number of carbonyl (C=O) groups excluding carboxylic acids is 1. The number of nitrogens with zero attached hydrogens (tertiary/aromatic N) is 5. The summed E-state index contributed by atoms with van der Waals surface area (Å²) < 4.78 is 3.47. The van der Waals surface area contributed by atoms with Crippen molar-refractivity contribution in [2.24, 2.45) is 7.05 Å². The molecule has 0 aliphatic heterocycles. The van der Waals surface area contributed by atoms with Gasteiger partial charge in [-0.15, -0.1) is 0 Å². The third-order valence-electron chi connectivity index (χ3n) is 3.53. The van der Waals surface area contributed by atoms with Crippen LogP contribution in [0.5, 0.6) is 0 Å². The average Bonchev–Trinajstić information content (AvgIpc) is 3.04. The van der Waals surface area contributed by atoms with E-state index in [0.29, 0.717) is 11.4 Å². The molecule has 7 nitrogen and oxygen atoms in total. The molecule has 3 rings (SSSR count). The Hall–Kier alpha value is -2.70. The van der Waals surface area contributed by atoms with Gasteiger partial charge in [-0.3, -0.25) is 9.48 Å². The molecule has 1 amide bonds. The number of aromatic nitrogens is 5. The Morgan fingerprint density at radius 1 is 1.36 bits per heavy atom. The van der Waals surface area contributed by atoms with Gasteiger partial charge in [0, 0.05) is 30.7 Å². The fourth-order valence-electron chi connectivity index (χ4n) is 2.45. The highest BCUT2D eigenvalue weighted by molar-refractivity contribution is 6.05. The van der Waals surface area contributed by atoms with E-state index in [-0.39, 0.29) is 11.9 Å². The van der Waals surface area contributed by atoms with Gasteiger partial charge in [-0.05, 0) is 26.8 Å². The van der Waals surface area contributed by atoms with Crippen molar-refractivity contribution in [1.82, 2.24) is 24.5 Å². The quantitative estimate of drug-likeness (QED) is 0.805. The van der Waals surface area contributed by atoms with Crippen LogP contribution >= 0.6 is 0 Å². The first kappa shape index (κ1) is 14.2. The third kappa shape index (κ3) is 2.34. The lowest BCUT2D eigenvalue weighted by Crippen LogP contribution is -2.17. The van der Waals surface area contributed by atoms with E-state index in [0.717, 1.165) is 16.7 Å². The SMILES string of the molecule is Cc1nn(C)c2ncc(C(=O)Nc3ccnn3C(C)C)cc12. The Labute approximate surface area is 128 Å². The largest absolute Gasteiger partial charge is 0.307 e. The van der Waals surface area contributed by atoms with Gasteiger partial charge in [-0.2, -0.15) is 10.2 Å². The summed E-state index contributed by atoms with van der Waals surface area (Å²) in [6, 6.07) is 3.77. The minimum atomic E-state index is -0.208. The van der Waals surface area contributed by atoms with E-state index in [1.165, 1.54) is 0 Å². The van der Waals surface area contributed by atoms with Crippen LogP contribution in [0.2, 0.25) is 0 Å². The van der Waals surface area contributed by atoms with Crippen LogP contribution in [-0.4, -0.2) is 30.5 Å². The minimum Gasteiger partial charge on any atom is -0.307 e. The second-order valence-electron chi connectivity index (χ2n) is 5.51. The molecule has 0 fully saturated rings. The molecule has 0 bridgehead atoms. The predicted octanol–water partition coefficient (Wildman–Crippen LogP) is 2.31. The number of amides is 1. The van der Waals surface area contributed by atoms with E-state index >= 15 is 0 Å². The van der Waals surface area contributed by atoms with Crippen molar-refractivity contribution >= 4 is 22.8 Å². The predicted molar refractivity (Wildman–Crippen MR) is 83.8 cm³/mol. The lowest BCUT2D eigenvalue weighted by molar-refractivity contribution is 0.102. The van der Waals surface area contributed by atoms with E-state index < -0.39 is 0 Å². The van der Waals surface area contributed by atoms with Crippen LogP contribution in [0.4, 0.5) is 5.82 Å². The van der Waals surface area contributed by atoms with Gasteiger partial charge in [0.1, 0.15) is 5.82 Å². The van der Waals surface area contributed by atoms with Crippen LogP contribution in [0.25, 0.3) is 11.0 Å². The van der Waals surface area contributed by atoms with Gasteiger partial charge in [0.05, 0.1) is 17.5 Å². The molecule has 3 heterocycles. The fraction of sp³-hybridized carbons (Fsp3) is 0.333. The first-order chi connectivity index (χ1) is 10.5. The zero-order valence-electron chi connectivity index (χ0n) is 13.0. The Bertz CT molecular complexity index is 845. The lowest BCUT2D eigenvalue weighted by atomic mass is 10.2. The second-order valence-corrected chi connectivity index (χ2v) is 5.51. The minimum absolute atomic E-state index is 0.173. The Morgan fingerprint density at radius 2 is 2.14 bits per heavy atom. The number of carbonyl (C=O) groups is 1. The maximum Gasteiger partial charge on any atom is 0.258 e. The molecular formula is C15H18N6O. The van der Waals surface area contributed by atoms with Gasteiger partial charge in [-0.25, -0.2) is 9.67 Å². The molecule has 1 N–H and O–H groups in total. The van der Waals surface area contributed by atoms with E-state index in [4.69, 9.17) is 0 Å². The normalized spacial score (nSPS) is 11.3. The van der Waals surface area contributed by atoms with Gasteiger partial charge >= 0.3 is 0 Å². The summed E-state index contributed by atoms with van der Waals surface area (Å²) >= 11 is 0. The van der Waals surface area contributed by atoms with Crippen LogP contribution < -0.4 is 5.32 Å². The summed E-state index contributed by atoms with van der Waals surface area (Å²) in [5.74, 6) is 0.461. The zero-order chi connectivity index (χ0) is 15.9. The topological polar surface area (TPSA) is 77.6 Å². The Balaban J connectivity index is 1.92. The van der Waals surface area contributed by atoms with Gasteiger partial charge in [0.25, 0.3) is 5.91 Å². The smallest absolute Gasteiger partial charge is 0.258 e.